The van der Waals surface area contributed by atoms with E-state index in [0.717, 1.165) is 17.7 Å². The molecule has 0 spiro atoms. The van der Waals surface area contributed by atoms with Crippen molar-refractivity contribution in [3.63, 3.8) is 0 Å². The predicted octanol–water partition coefficient (Wildman–Crippen LogP) is 2.19. The van der Waals surface area contributed by atoms with Crippen molar-refractivity contribution < 1.29 is 0 Å². The van der Waals surface area contributed by atoms with E-state index in [2.05, 4.69) is 11.4 Å². The van der Waals surface area contributed by atoms with Gasteiger partial charge < -0.3 is 11.1 Å². The number of hydrogen-bond acceptors (Lipinski definition) is 2. The van der Waals surface area contributed by atoms with Gasteiger partial charge >= 0.3 is 0 Å². The molecule has 68 valence electrons. The van der Waals surface area contributed by atoms with Crippen LogP contribution in [0, 0.1) is 0 Å². The van der Waals surface area contributed by atoms with E-state index >= 15 is 0 Å². The Bertz CT molecular complexity index is 358. The van der Waals surface area contributed by atoms with Crippen LogP contribution in [0.3, 0.4) is 0 Å². The van der Waals surface area contributed by atoms with E-state index < -0.39 is 0 Å². The van der Waals surface area contributed by atoms with Crippen molar-refractivity contribution >= 4 is 17.3 Å². The Hall–Kier alpha value is -0.990. The van der Waals surface area contributed by atoms with Gasteiger partial charge in [-0.2, -0.15) is 0 Å². The molecular formula is C10H11ClN2. The smallest absolute Gasteiger partial charge is 0.102 e. The Labute approximate surface area is 82.4 Å². The zero-order valence-electron chi connectivity index (χ0n) is 7.18. The first kappa shape index (κ1) is 8.60. The lowest BCUT2D eigenvalue weighted by Crippen LogP contribution is -2.05. The second-order valence-corrected chi connectivity index (χ2v) is 3.48. The molecule has 0 atom stereocenters. The van der Waals surface area contributed by atoms with Crippen molar-refractivity contribution in [2.75, 3.05) is 5.32 Å². The molecule has 1 heterocycles. The first-order chi connectivity index (χ1) is 6.29. The summed E-state index contributed by atoms with van der Waals surface area (Å²) in [6, 6.07) is 6.15. The highest BCUT2D eigenvalue weighted by Gasteiger charge is 2.08. The third-order valence-electron chi connectivity index (χ3n) is 2.16. The molecule has 0 fully saturated rings. The molecule has 1 aliphatic heterocycles. The molecule has 3 N–H and O–H groups in total. The van der Waals surface area contributed by atoms with Crippen molar-refractivity contribution in [2.45, 2.75) is 13.0 Å². The van der Waals surface area contributed by atoms with Crippen LogP contribution in [0.1, 0.15) is 11.1 Å². The number of fused-ring (bicyclic) bond motifs is 1. The lowest BCUT2D eigenvalue weighted by Gasteiger charge is -2.16. The minimum Gasteiger partial charge on any atom is -0.346 e. The fourth-order valence-corrected chi connectivity index (χ4v) is 1.62. The van der Waals surface area contributed by atoms with Crippen molar-refractivity contribution in [1.82, 2.24) is 0 Å². The fourth-order valence-electron chi connectivity index (χ4n) is 1.44. The van der Waals surface area contributed by atoms with E-state index in [1.807, 2.05) is 18.2 Å². The van der Waals surface area contributed by atoms with Crippen molar-refractivity contribution in [2.24, 2.45) is 5.73 Å². The lowest BCUT2D eigenvalue weighted by molar-refractivity contribution is 1.06. The SMILES string of the molecule is NCc1ccc2c(c1)CC=C(Cl)N2. The van der Waals surface area contributed by atoms with Gasteiger partial charge in [-0.1, -0.05) is 23.7 Å². The maximum atomic E-state index is 5.84. The highest BCUT2D eigenvalue weighted by molar-refractivity contribution is 6.31. The Morgan fingerprint density at radius 1 is 1.46 bits per heavy atom. The molecule has 1 aliphatic rings. The molecule has 0 unspecified atom stereocenters. The molecule has 1 aromatic carbocycles. The first-order valence-electron chi connectivity index (χ1n) is 4.24. The van der Waals surface area contributed by atoms with Crippen LogP contribution in [0.4, 0.5) is 5.69 Å². The first-order valence-corrected chi connectivity index (χ1v) is 4.62. The van der Waals surface area contributed by atoms with Gasteiger partial charge in [0.25, 0.3) is 0 Å². The molecule has 0 saturated heterocycles. The second kappa shape index (κ2) is 3.40. The van der Waals surface area contributed by atoms with Crippen LogP contribution in [0.25, 0.3) is 0 Å². The van der Waals surface area contributed by atoms with Gasteiger partial charge in [-0.25, -0.2) is 0 Å². The van der Waals surface area contributed by atoms with Crippen LogP contribution in [0.15, 0.2) is 29.4 Å². The average Bonchev–Trinajstić information content (AvgIpc) is 2.17. The summed E-state index contributed by atoms with van der Waals surface area (Å²) in [5, 5.41) is 3.80. The summed E-state index contributed by atoms with van der Waals surface area (Å²) in [7, 11) is 0. The number of anilines is 1. The third kappa shape index (κ3) is 1.69. The number of nitrogens with two attached hydrogens (primary N) is 1. The van der Waals surface area contributed by atoms with Gasteiger partial charge in [-0.05, 0) is 29.7 Å². The average molecular weight is 195 g/mol. The summed E-state index contributed by atoms with van der Waals surface area (Å²) < 4.78 is 0. The Morgan fingerprint density at radius 3 is 3.08 bits per heavy atom. The molecule has 13 heavy (non-hydrogen) atoms. The topological polar surface area (TPSA) is 38.0 Å². The maximum Gasteiger partial charge on any atom is 0.102 e. The van der Waals surface area contributed by atoms with Gasteiger partial charge in [0.2, 0.25) is 0 Å². The predicted molar refractivity (Wildman–Crippen MR) is 55.6 cm³/mol. The van der Waals surface area contributed by atoms with E-state index in [1.165, 1.54) is 5.56 Å². The zero-order chi connectivity index (χ0) is 9.26. The van der Waals surface area contributed by atoms with Gasteiger partial charge in [-0.15, -0.1) is 0 Å². The Morgan fingerprint density at radius 2 is 2.31 bits per heavy atom. The molecule has 1 aromatic rings. The summed E-state index contributed by atoms with van der Waals surface area (Å²) >= 11 is 5.84. The zero-order valence-corrected chi connectivity index (χ0v) is 7.93. The van der Waals surface area contributed by atoms with Gasteiger partial charge in [0.15, 0.2) is 0 Å². The monoisotopic (exact) mass is 194 g/mol. The highest BCUT2D eigenvalue weighted by Crippen LogP contribution is 2.25. The number of hydrogen-bond donors (Lipinski definition) is 2. The molecule has 2 nitrogen and oxygen atoms in total. The Kier molecular flexibility index (Phi) is 2.25. The van der Waals surface area contributed by atoms with E-state index in [0.29, 0.717) is 11.7 Å². The summed E-state index contributed by atoms with van der Waals surface area (Å²) in [5.41, 5.74) is 9.05. The van der Waals surface area contributed by atoms with Crippen LogP contribution < -0.4 is 11.1 Å². The number of halogens is 1. The van der Waals surface area contributed by atoms with Gasteiger partial charge in [0, 0.05) is 12.2 Å². The largest absolute Gasteiger partial charge is 0.346 e. The minimum absolute atomic E-state index is 0.588. The van der Waals surface area contributed by atoms with Gasteiger partial charge in [0.1, 0.15) is 5.16 Å². The summed E-state index contributed by atoms with van der Waals surface area (Å²) in [4.78, 5) is 0. The number of rotatable bonds is 1. The molecule has 0 amide bonds. The Balaban J connectivity index is 2.36. The number of nitrogens with one attached hydrogen (secondary N) is 1. The lowest BCUT2D eigenvalue weighted by atomic mass is 10.0. The van der Waals surface area contributed by atoms with Crippen LogP contribution in [0.2, 0.25) is 0 Å². The van der Waals surface area contributed by atoms with E-state index in [-0.39, 0.29) is 0 Å². The number of allylic oxidation sites excluding steroid dienone is 1. The van der Waals surface area contributed by atoms with Crippen LogP contribution in [-0.2, 0) is 13.0 Å². The van der Waals surface area contributed by atoms with Crippen molar-refractivity contribution in [1.29, 1.82) is 0 Å². The van der Waals surface area contributed by atoms with Crippen LogP contribution in [0.5, 0.6) is 0 Å². The quantitative estimate of drug-likeness (QED) is 0.673. The second-order valence-electron chi connectivity index (χ2n) is 3.08. The molecule has 0 saturated carbocycles. The molecule has 2 rings (SSSR count). The molecule has 0 bridgehead atoms. The summed E-state index contributed by atoms with van der Waals surface area (Å²) in [6.07, 6.45) is 2.85. The normalized spacial score (nSPS) is 14.5. The van der Waals surface area contributed by atoms with Gasteiger partial charge in [-0.3, -0.25) is 0 Å². The van der Waals surface area contributed by atoms with Crippen LogP contribution in [-0.4, -0.2) is 0 Å². The van der Waals surface area contributed by atoms with Gasteiger partial charge in [0.05, 0.1) is 0 Å². The molecule has 0 aromatic heterocycles. The maximum absolute atomic E-state index is 5.84. The number of benzene rings is 1. The summed E-state index contributed by atoms with van der Waals surface area (Å²) in [5.74, 6) is 0. The molecule has 0 radical (unpaired) electrons. The fraction of sp³-hybridized carbons (Fsp3) is 0.200. The van der Waals surface area contributed by atoms with Crippen molar-refractivity contribution in [3.8, 4) is 0 Å². The van der Waals surface area contributed by atoms with Crippen molar-refractivity contribution in [3.05, 3.63) is 40.6 Å². The molecule has 0 aliphatic carbocycles. The minimum atomic E-state index is 0.588. The van der Waals surface area contributed by atoms with E-state index in [9.17, 15) is 0 Å². The van der Waals surface area contributed by atoms with E-state index in [4.69, 9.17) is 17.3 Å². The highest BCUT2D eigenvalue weighted by atomic mass is 35.5. The molecular weight excluding hydrogens is 184 g/mol. The standard InChI is InChI=1S/C10H11ClN2/c11-10-4-2-8-5-7(6-12)1-3-9(8)13-10/h1,3-5,13H,2,6,12H2. The van der Waals surface area contributed by atoms with Crippen LogP contribution >= 0.6 is 11.6 Å². The van der Waals surface area contributed by atoms with E-state index in [1.54, 1.807) is 0 Å². The third-order valence-corrected chi connectivity index (χ3v) is 2.41. The summed E-state index contributed by atoms with van der Waals surface area (Å²) in [6.45, 7) is 0.588. The molecule has 3 heteroatoms.